The van der Waals surface area contributed by atoms with Crippen molar-refractivity contribution in [2.45, 2.75) is 88.9 Å². The summed E-state index contributed by atoms with van der Waals surface area (Å²) in [5.74, 6) is 0.202. The summed E-state index contributed by atoms with van der Waals surface area (Å²) < 4.78 is 19.8. The number of hydrogen-bond acceptors (Lipinski definition) is 9. The van der Waals surface area contributed by atoms with Gasteiger partial charge < -0.3 is 19.3 Å². The van der Waals surface area contributed by atoms with Crippen LogP contribution < -0.4 is 0 Å². The Kier molecular flexibility index (Phi) is 6.08. The maximum absolute atomic E-state index is 9.76. The number of rotatable bonds is 8. The molecule has 0 unspecified atom stereocenters. The van der Waals surface area contributed by atoms with E-state index in [9.17, 15) is 5.11 Å². The zero-order valence-electron chi connectivity index (χ0n) is 17.4. The Balaban J connectivity index is 1.73. The highest BCUT2D eigenvalue weighted by Crippen LogP contribution is 2.43. The van der Waals surface area contributed by atoms with E-state index in [0.29, 0.717) is 11.2 Å². The first kappa shape index (κ1) is 20.9. The van der Waals surface area contributed by atoms with Gasteiger partial charge in [0.15, 0.2) is 28.3 Å². The van der Waals surface area contributed by atoms with Crippen LogP contribution in [0.2, 0.25) is 0 Å². The van der Waals surface area contributed by atoms with Crippen molar-refractivity contribution < 1.29 is 19.3 Å². The van der Waals surface area contributed by atoms with Crippen LogP contribution in [0.1, 0.15) is 58.9 Å². The second kappa shape index (κ2) is 8.43. The van der Waals surface area contributed by atoms with Crippen LogP contribution in [0.4, 0.5) is 0 Å². The van der Waals surface area contributed by atoms with Gasteiger partial charge in [-0.1, -0.05) is 37.2 Å². The van der Waals surface area contributed by atoms with Crippen LogP contribution >= 0.6 is 11.8 Å². The summed E-state index contributed by atoms with van der Waals surface area (Å²) in [5.41, 5.74) is 2.25. The highest BCUT2D eigenvalue weighted by atomic mass is 32.2. The third-order valence-electron chi connectivity index (χ3n) is 5.12. The van der Waals surface area contributed by atoms with Gasteiger partial charge in [-0.25, -0.2) is 9.97 Å². The lowest BCUT2D eigenvalue weighted by Crippen LogP contribution is -2.31. The van der Waals surface area contributed by atoms with E-state index in [0.717, 1.165) is 42.3 Å². The normalized spacial score (nSPS) is 28.3. The van der Waals surface area contributed by atoms with Crippen molar-refractivity contribution in [2.75, 3.05) is 12.4 Å². The summed E-state index contributed by atoms with van der Waals surface area (Å²) in [6.07, 6.45) is 2.16. The fourth-order valence-corrected chi connectivity index (χ4v) is 4.53. The molecule has 0 bridgehead atoms. The van der Waals surface area contributed by atoms with Gasteiger partial charge in [0.25, 0.3) is 0 Å². The van der Waals surface area contributed by atoms with Crippen molar-refractivity contribution >= 4 is 22.9 Å². The molecule has 29 heavy (non-hydrogen) atoms. The molecular weight excluding hydrogens is 394 g/mol. The molecule has 10 heteroatoms. The van der Waals surface area contributed by atoms with Crippen LogP contribution in [0.5, 0.6) is 0 Å². The predicted octanol–water partition coefficient (Wildman–Crippen LogP) is 2.48. The van der Waals surface area contributed by atoms with E-state index < -0.39 is 24.2 Å². The number of nitrogens with zero attached hydrogens (tertiary/aromatic N) is 5. The molecular formula is C19H29N5O4S. The summed E-state index contributed by atoms with van der Waals surface area (Å²) in [6, 6.07) is 0. The molecule has 0 amide bonds. The zero-order valence-corrected chi connectivity index (χ0v) is 18.2. The van der Waals surface area contributed by atoms with Crippen molar-refractivity contribution in [2.24, 2.45) is 0 Å². The predicted molar refractivity (Wildman–Crippen MR) is 108 cm³/mol. The molecule has 1 N–H and O–H groups in total. The van der Waals surface area contributed by atoms with Crippen LogP contribution in [-0.4, -0.2) is 66.5 Å². The topological polar surface area (TPSA) is 104 Å². The maximum Gasteiger partial charge on any atom is 0.189 e. The first-order chi connectivity index (χ1) is 14.0. The molecule has 2 aliphatic heterocycles. The molecule has 0 saturated carbocycles. The van der Waals surface area contributed by atoms with Gasteiger partial charge in [-0.3, -0.25) is 0 Å². The van der Waals surface area contributed by atoms with Gasteiger partial charge >= 0.3 is 0 Å². The number of aryl methyl sites for hydroxylation is 1. The smallest absolute Gasteiger partial charge is 0.189 e. The SMILES string of the molecule is CCCCc1nc(SCCC)nc2c1nnn2[C@@H]1O[C@H](CO)[C@H]2OC(C)(C)O[C@H]21. The van der Waals surface area contributed by atoms with Crippen molar-refractivity contribution in [3.8, 4) is 0 Å². The van der Waals surface area contributed by atoms with Crippen LogP contribution in [0.3, 0.4) is 0 Å². The van der Waals surface area contributed by atoms with E-state index in [1.54, 1.807) is 16.4 Å². The van der Waals surface area contributed by atoms with Gasteiger partial charge in [0.05, 0.1) is 12.3 Å². The molecule has 2 aliphatic rings. The summed E-state index contributed by atoms with van der Waals surface area (Å²) in [7, 11) is 0. The Morgan fingerprint density at radius 1 is 1.14 bits per heavy atom. The molecule has 4 heterocycles. The molecule has 0 spiro atoms. The second-order valence-corrected chi connectivity index (χ2v) is 8.99. The summed E-state index contributed by atoms with van der Waals surface area (Å²) >= 11 is 1.63. The van der Waals surface area contributed by atoms with E-state index in [1.165, 1.54) is 0 Å². The van der Waals surface area contributed by atoms with Crippen LogP contribution in [0.25, 0.3) is 11.2 Å². The number of thioether (sulfide) groups is 1. The largest absolute Gasteiger partial charge is 0.394 e. The Labute approximate surface area is 174 Å². The molecule has 0 aliphatic carbocycles. The third kappa shape index (κ3) is 4.00. The van der Waals surface area contributed by atoms with E-state index >= 15 is 0 Å². The highest BCUT2D eigenvalue weighted by Gasteiger charge is 2.56. The minimum atomic E-state index is -0.745. The lowest BCUT2D eigenvalue weighted by atomic mass is 10.1. The number of aromatic nitrogens is 5. The van der Waals surface area contributed by atoms with Gasteiger partial charge in [0.2, 0.25) is 0 Å². The first-order valence-electron chi connectivity index (χ1n) is 10.3. The van der Waals surface area contributed by atoms with Gasteiger partial charge in [-0.15, -0.1) is 5.10 Å². The van der Waals surface area contributed by atoms with Crippen molar-refractivity contribution in [3.05, 3.63) is 5.69 Å². The van der Waals surface area contributed by atoms with Gasteiger partial charge in [0, 0.05) is 5.75 Å². The summed E-state index contributed by atoms with van der Waals surface area (Å²) in [6.45, 7) is 7.86. The molecule has 2 saturated heterocycles. The summed E-state index contributed by atoms with van der Waals surface area (Å²) in [5, 5.41) is 19.2. The standard InChI is InChI=1S/C19H29N5O4S/c1-5-7-8-11-13-16(21-18(20-11)29-9-6-2)24(23-22-13)17-15-14(12(10-25)26-17)27-19(3,4)28-15/h12,14-15,17,25H,5-10H2,1-4H3/t12-,14-,15-,17-/m1/s1. The molecule has 0 radical (unpaired) electrons. The fourth-order valence-electron chi connectivity index (χ4n) is 3.81. The lowest BCUT2D eigenvalue weighted by molar-refractivity contribution is -0.201. The average Bonchev–Trinajstić information content (AvgIpc) is 3.34. The molecule has 2 aromatic heterocycles. The van der Waals surface area contributed by atoms with E-state index in [1.807, 2.05) is 13.8 Å². The molecule has 2 fully saturated rings. The van der Waals surface area contributed by atoms with Gasteiger partial charge in [-0.2, -0.15) is 4.68 Å². The Hall–Kier alpha value is -1.33. The fraction of sp³-hybridized carbons (Fsp3) is 0.789. The van der Waals surface area contributed by atoms with E-state index in [4.69, 9.17) is 24.2 Å². The number of unbranched alkanes of at least 4 members (excludes halogenated alkanes) is 1. The monoisotopic (exact) mass is 423 g/mol. The maximum atomic E-state index is 9.76. The van der Waals surface area contributed by atoms with E-state index in [-0.39, 0.29) is 12.7 Å². The highest BCUT2D eigenvalue weighted by molar-refractivity contribution is 7.99. The quantitative estimate of drug-likeness (QED) is 0.506. The van der Waals surface area contributed by atoms with Crippen molar-refractivity contribution in [1.82, 2.24) is 25.0 Å². The Morgan fingerprint density at radius 2 is 1.93 bits per heavy atom. The zero-order chi connectivity index (χ0) is 20.6. The average molecular weight is 424 g/mol. The van der Waals surface area contributed by atoms with Crippen molar-refractivity contribution in [3.63, 3.8) is 0 Å². The number of aliphatic hydroxyl groups excluding tert-OH is 1. The van der Waals surface area contributed by atoms with Crippen LogP contribution in [-0.2, 0) is 20.6 Å². The number of aliphatic hydroxyl groups is 1. The minimum absolute atomic E-state index is 0.155. The molecule has 4 rings (SSSR count). The molecule has 9 nitrogen and oxygen atoms in total. The Morgan fingerprint density at radius 3 is 2.66 bits per heavy atom. The number of ether oxygens (including phenoxy) is 3. The Bertz CT molecular complexity index is 860. The van der Waals surface area contributed by atoms with Crippen LogP contribution in [0, 0.1) is 0 Å². The molecule has 160 valence electrons. The van der Waals surface area contributed by atoms with Gasteiger partial charge in [0.1, 0.15) is 18.3 Å². The molecule has 2 aromatic rings. The second-order valence-electron chi connectivity index (χ2n) is 7.92. The third-order valence-corrected chi connectivity index (χ3v) is 6.18. The van der Waals surface area contributed by atoms with Crippen LogP contribution in [0.15, 0.2) is 5.16 Å². The summed E-state index contributed by atoms with van der Waals surface area (Å²) in [4.78, 5) is 9.47. The van der Waals surface area contributed by atoms with Crippen molar-refractivity contribution in [1.29, 1.82) is 0 Å². The number of hydrogen-bond donors (Lipinski definition) is 1. The lowest BCUT2D eigenvalue weighted by Gasteiger charge is -2.23. The number of fused-ring (bicyclic) bond motifs is 2. The minimum Gasteiger partial charge on any atom is -0.394 e. The molecule has 0 aromatic carbocycles. The van der Waals surface area contributed by atoms with E-state index in [2.05, 4.69) is 24.2 Å². The molecule has 4 atom stereocenters. The van der Waals surface area contributed by atoms with Gasteiger partial charge in [-0.05, 0) is 33.1 Å². The first-order valence-corrected chi connectivity index (χ1v) is 11.3.